The third-order valence-electron chi connectivity index (χ3n) is 2.89. The number of aliphatic hydroxyl groups excluding tert-OH is 1. The van der Waals surface area contributed by atoms with E-state index in [0.29, 0.717) is 24.6 Å². The first kappa shape index (κ1) is 15.4. The molecule has 1 atom stereocenters. The maximum Gasteiger partial charge on any atom is 0.416 e. The zero-order chi connectivity index (χ0) is 15.9. The molecule has 1 N–H and O–H groups in total. The monoisotopic (exact) mass is 311 g/mol. The van der Waals surface area contributed by atoms with E-state index in [4.69, 9.17) is 5.11 Å². The molecule has 1 aromatic rings. The Bertz CT molecular complexity index is 642. The summed E-state index contributed by atoms with van der Waals surface area (Å²) in [5.74, 6) is -10.3. The molecule has 1 aliphatic carbocycles. The Morgan fingerprint density at radius 3 is 2.10 bits per heavy atom. The standard InChI is InChI=1S/C13H6F7O/c14-5-1-2-6(8(15)3-5)7-4-9(21)11(16)12(17)10(7)13(18,19)20/h1-4,7,21H. The van der Waals surface area contributed by atoms with E-state index in [1.54, 1.807) is 0 Å². The van der Waals surface area contributed by atoms with Crippen LogP contribution in [0.15, 0.2) is 41.2 Å². The van der Waals surface area contributed by atoms with Gasteiger partial charge in [0.25, 0.3) is 0 Å². The first-order valence-electron chi connectivity index (χ1n) is 5.48. The van der Waals surface area contributed by atoms with Gasteiger partial charge in [0.1, 0.15) is 17.4 Å². The van der Waals surface area contributed by atoms with Gasteiger partial charge in [-0.2, -0.15) is 13.2 Å². The van der Waals surface area contributed by atoms with Gasteiger partial charge in [-0.25, -0.2) is 17.6 Å². The van der Waals surface area contributed by atoms with Crippen LogP contribution in [0.5, 0.6) is 0 Å². The summed E-state index contributed by atoms with van der Waals surface area (Å²) in [6.07, 6.45) is -4.98. The van der Waals surface area contributed by atoms with Gasteiger partial charge in [-0.3, -0.25) is 0 Å². The molecule has 0 heterocycles. The van der Waals surface area contributed by atoms with Gasteiger partial charge in [-0.15, -0.1) is 0 Å². The predicted molar refractivity (Wildman–Crippen MR) is 58.4 cm³/mol. The van der Waals surface area contributed by atoms with Gasteiger partial charge in [0.15, 0.2) is 11.7 Å². The van der Waals surface area contributed by atoms with Gasteiger partial charge in [-0.05, 0) is 11.6 Å². The molecule has 113 valence electrons. The van der Waals surface area contributed by atoms with Crippen molar-refractivity contribution in [1.29, 1.82) is 0 Å². The van der Waals surface area contributed by atoms with Crippen molar-refractivity contribution >= 4 is 0 Å². The molecule has 2 rings (SSSR count). The lowest BCUT2D eigenvalue weighted by Gasteiger charge is -2.26. The fourth-order valence-electron chi connectivity index (χ4n) is 1.98. The normalized spacial score (nSPS) is 20.2. The third-order valence-corrected chi connectivity index (χ3v) is 2.89. The number of hydrogen-bond donors (Lipinski definition) is 1. The van der Waals surface area contributed by atoms with Crippen LogP contribution >= 0.6 is 0 Å². The van der Waals surface area contributed by atoms with Crippen LogP contribution in [0.2, 0.25) is 0 Å². The SMILES string of the molecule is OC1=C(F)C(F)=C(C(F)(F)F)C(c2ccc(F)cc2F)[CH]1. The Kier molecular flexibility index (Phi) is 3.73. The fourth-order valence-corrected chi connectivity index (χ4v) is 1.98. The number of hydrogen-bond acceptors (Lipinski definition) is 1. The van der Waals surface area contributed by atoms with Crippen LogP contribution in [0, 0.1) is 18.1 Å². The van der Waals surface area contributed by atoms with Gasteiger partial charge in [0.2, 0.25) is 0 Å². The van der Waals surface area contributed by atoms with Gasteiger partial charge in [0, 0.05) is 18.4 Å². The smallest absolute Gasteiger partial charge is 0.416 e. The second-order valence-corrected chi connectivity index (χ2v) is 4.23. The second-order valence-electron chi connectivity index (χ2n) is 4.23. The van der Waals surface area contributed by atoms with Gasteiger partial charge >= 0.3 is 6.18 Å². The molecule has 8 heteroatoms. The second kappa shape index (κ2) is 5.09. The van der Waals surface area contributed by atoms with E-state index in [0.717, 1.165) is 0 Å². The van der Waals surface area contributed by atoms with E-state index in [-0.39, 0.29) is 0 Å². The van der Waals surface area contributed by atoms with E-state index in [9.17, 15) is 30.7 Å². The van der Waals surface area contributed by atoms with Gasteiger partial charge < -0.3 is 5.11 Å². The van der Waals surface area contributed by atoms with Crippen molar-refractivity contribution in [1.82, 2.24) is 0 Å². The van der Waals surface area contributed by atoms with Crippen molar-refractivity contribution in [3.05, 3.63) is 64.8 Å². The highest BCUT2D eigenvalue weighted by Crippen LogP contribution is 2.48. The van der Waals surface area contributed by atoms with Gasteiger partial charge in [-0.1, -0.05) is 6.07 Å². The van der Waals surface area contributed by atoms with Crippen molar-refractivity contribution in [3.63, 3.8) is 0 Å². The molecule has 1 nitrogen and oxygen atoms in total. The summed E-state index contributed by atoms with van der Waals surface area (Å²) in [5.41, 5.74) is -2.73. The molecular weight excluding hydrogens is 305 g/mol. The largest absolute Gasteiger partial charge is 0.509 e. The molecule has 1 radical (unpaired) electrons. The summed E-state index contributed by atoms with van der Waals surface area (Å²) < 4.78 is 91.5. The number of rotatable bonds is 1. The Morgan fingerprint density at radius 2 is 1.57 bits per heavy atom. The minimum absolute atomic E-state index is 0.306. The number of benzene rings is 1. The molecule has 1 aromatic carbocycles. The topological polar surface area (TPSA) is 20.2 Å². The summed E-state index contributed by atoms with van der Waals surface area (Å²) in [6.45, 7) is 0. The molecule has 1 aliphatic rings. The summed E-state index contributed by atoms with van der Waals surface area (Å²) in [4.78, 5) is 0. The zero-order valence-electron chi connectivity index (χ0n) is 9.98. The van der Waals surface area contributed by atoms with Crippen molar-refractivity contribution in [2.75, 3.05) is 0 Å². The van der Waals surface area contributed by atoms with E-state index in [1.165, 1.54) is 0 Å². The molecule has 21 heavy (non-hydrogen) atoms. The van der Waals surface area contributed by atoms with Crippen LogP contribution in [0.1, 0.15) is 11.5 Å². The lowest BCUT2D eigenvalue weighted by molar-refractivity contribution is -0.0975. The molecule has 0 saturated carbocycles. The maximum atomic E-state index is 13.6. The van der Waals surface area contributed by atoms with Crippen LogP contribution < -0.4 is 0 Å². The van der Waals surface area contributed by atoms with E-state index >= 15 is 0 Å². The first-order valence-corrected chi connectivity index (χ1v) is 5.48. The number of halogens is 7. The van der Waals surface area contributed by atoms with Crippen LogP contribution in [0.4, 0.5) is 30.7 Å². The molecule has 1 unspecified atom stereocenters. The highest BCUT2D eigenvalue weighted by atomic mass is 19.4. The van der Waals surface area contributed by atoms with Crippen molar-refractivity contribution in [2.45, 2.75) is 12.1 Å². The molecular formula is C13H6F7O. The zero-order valence-corrected chi connectivity index (χ0v) is 9.98. The fraction of sp³-hybridized carbons (Fsp3) is 0.154. The number of alkyl halides is 3. The average molecular weight is 311 g/mol. The Labute approximate surface area is 114 Å². The quantitative estimate of drug-likeness (QED) is 0.739. The number of aliphatic hydroxyl groups is 1. The Balaban J connectivity index is 2.63. The molecule has 0 aromatic heterocycles. The van der Waals surface area contributed by atoms with Crippen LogP contribution in [-0.2, 0) is 0 Å². The molecule has 0 spiro atoms. The lowest BCUT2D eigenvalue weighted by atomic mass is 9.83. The molecule has 0 bridgehead atoms. The highest BCUT2D eigenvalue weighted by Gasteiger charge is 2.47. The first-order chi connectivity index (χ1) is 9.62. The molecule has 0 aliphatic heterocycles. The van der Waals surface area contributed by atoms with Crippen molar-refractivity contribution in [3.8, 4) is 0 Å². The average Bonchev–Trinajstić information content (AvgIpc) is 2.33. The predicted octanol–water partition coefficient (Wildman–Crippen LogP) is 4.79. The van der Waals surface area contributed by atoms with Crippen molar-refractivity contribution < 1.29 is 35.8 Å². The third kappa shape index (κ3) is 2.74. The number of allylic oxidation sites excluding steroid dienone is 4. The minimum atomic E-state index is -5.30. The summed E-state index contributed by atoms with van der Waals surface area (Å²) in [5, 5.41) is 9.12. The van der Waals surface area contributed by atoms with E-state index in [2.05, 4.69) is 0 Å². The van der Waals surface area contributed by atoms with Crippen LogP contribution in [0.3, 0.4) is 0 Å². The molecule has 0 saturated heterocycles. The lowest BCUT2D eigenvalue weighted by Crippen LogP contribution is -2.25. The highest BCUT2D eigenvalue weighted by molar-refractivity contribution is 5.48. The van der Waals surface area contributed by atoms with Crippen LogP contribution in [-0.4, -0.2) is 11.3 Å². The van der Waals surface area contributed by atoms with E-state index < -0.39 is 52.3 Å². The van der Waals surface area contributed by atoms with Crippen LogP contribution in [0.25, 0.3) is 0 Å². The van der Waals surface area contributed by atoms with E-state index in [1.807, 2.05) is 0 Å². The Hall–Kier alpha value is -1.99. The van der Waals surface area contributed by atoms with Gasteiger partial charge in [0.05, 0.1) is 5.57 Å². The summed E-state index contributed by atoms with van der Waals surface area (Å²) in [7, 11) is 0. The molecule has 0 fully saturated rings. The van der Waals surface area contributed by atoms with Crippen molar-refractivity contribution in [2.24, 2.45) is 0 Å². The maximum absolute atomic E-state index is 13.6. The minimum Gasteiger partial charge on any atom is -0.509 e. The Morgan fingerprint density at radius 1 is 0.952 bits per heavy atom. The molecule has 0 amide bonds. The summed E-state index contributed by atoms with van der Waals surface area (Å²) >= 11 is 0. The summed E-state index contributed by atoms with van der Waals surface area (Å²) in [6, 6.07) is 1.64.